The lowest BCUT2D eigenvalue weighted by Gasteiger charge is -2.19. The Morgan fingerprint density at radius 1 is 1.50 bits per heavy atom. The SMILES string of the molecule is C=CCN(CC(=O)O)C(=O)c1ccc([N+](=O)[O-])cc1C. The maximum atomic E-state index is 12.2. The van der Waals surface area contributed by atoms with Gasteiger partial charge in [-0.05, 0) is 18.6 Å². The molecule has 106 valence electrons. The molecule has 0 fully saturated rings. The Bertz CT molecular complexity index is 568. The van der Waals surface area contributed by atoms with Gasteiger partial charge in [0, 0.05) is 24.2 Å². The Hall–Kier alpha value is -2.70. The van der Waals surface area contributed by atoms with Crippen molar-refractivity contribution in [2.75, 3.05) is 13.1 Å². The van der Waals surface area contributed by atoms with Crippen molar-refractivity contribution in [1.29, 1.82) is 0 Å². The number of non-ortho nitro benzene ring substituents is 1. The van der Waals surface area contributed by atoms with Crippen LogP contribution in [-0.4, -0.2) is 39.9 Å². The van der Waals surface area contributed by atoms with Crippen molar-refractivity contribution in [3.8, 4) is 0 Å². The van der Waals surface area contributed by atoms with Crippen LogP contribution in [0.4, 0.5) is 5.69 Å². The molecule has 0 saturated heterocycles. The Labute approximate surface area is 115 Å². The van der Waals surface area contributed by atoms with Gasteiger partial charge in [0.05, 0.1) is 4.92 Å². The van der Waals surface area contributed by atoms with Crippen LogP contribution in [0.3, 0.4) is 0 Å². The van der Waals surface area contributed by atoms with Crippen molar-refractivity contribution in [2.24, 2.45) is 0 Å². The third-order valence-corrected chi connectivity index (χ3v) is 2.61. The van der Waals surface area contributed by atoms with Crippen LogP contribution in [0.25, 0.3) is 0 Å². The molecule has 20 heavy (non-hydrogen) atoms. The van der Waals surface area contributed by atoms with Gasteiger partial charge >= 0.3 is 5.97 Å². The minimum Gasteiger partial charge on any atom is -0.480 e. The van der Waals surface area contributed by atoms with Gasteiger partial charge in [-0.15, -0.1) is 6.58 Å². The summed E-state index contributed by atoms with van der Waals surface area (Å²) in [7, 11) is 0. The van der Waals surface area contributed by atoms with Crippen LogP contribution in [0.2, 0.25) is 0 Å². The van der Waals surface area contributed by atoms with Gasteiger partial charge in [-0.2, -0.15) is 0 Å². The number of hydrogen-bond donors (Lipinski definition) is 1. The first-order chi connectivity index (χ1) is 9.36. The molecule has 0 aliphatic heterocycles. The maximum absolute atomic E-state index is 12.2. The highest BCUT2D eigenvalue weighted by molar-refractivity contribution is 5.97. The molecule has 0 spiro atoms. The van der Waals surface area contributed by atoms with E-state index in [1.54, 1.807) is 6.92 Å². The molecule has 1 N–H and O–H groups in total. The normalized spacial score (nSPS) is 9.85. The number of carbonyl (C=O) groups is 2. The van der Waals surface area contributed by atoms with Crippen LogP contribution in [0, 0.1) is 17.0 Å². The zero-order valence-corrected chi connectivity index (χ0v) is 10.9. The first kappa shape index (κ1) is 15.4. The molecule has 0 aliphatic carbocycles. The molecule has 1 rings (SSSR count). The first-order valence-electron chi connectivity index (χ1n) is 5.73. The van der Waals surface area contributed by atoms with E-state index in [1.165, 1.54) is 24.3 Å². The van der Waals surface area contributed by atoms with Crippen LogP contribution in [0.1, 0.15) is 15.9 Å². The predicted octanol–water partition coefficient (Wildman–Crippen LogP) is 1.62. The average molecular weight is 278 g/mol. The zero-order chi connectivity index (χ0) is 15.3. The van der Waals surface area contributed by atoms with Crippen molar-refractivity contribution in [1.82, 2.24) is 4.90 Å². The van der Waals surface area contributed by atoms with E-state index >= 15 is 0 Å². The molecule has 0 atom stereocenters. The quantitative estimate of drug-likeness (QED) is 0.484. The van der Waals surface area contributed by atoms with Crippen LogP contribution >= 0.6 is 0 Å². The van der Waals surface area contributed by atoms with Gasteiger partial charge < -0.3 is 10.0 Å². The van der Waals surface area contributed by atoms with Gasteiger partial charge in [-0.1, -0.05) is 6.08 Å². The van der Waals surface area contributed by atoms with Gasteiger partial charge in [-0.3, -0.25) is 19.7 Å². The summed E-state index contributed by atoms with van der Waals surface area (Å²) in [6, 6.07) is 3.82. The largest absolute Gasteiger partial charge is 0.480 e. The number of nitro groups is 1. The molecule has 0 saturated carbocycles. The number of carbonyl (C=O) groups excluding carboxylic acids is 1. The van der Waals surface area contributed by atoms with Crippen LogP contribution in [-0.2, 0) is 4.79 Å². The van der Waals surface area contributed by atoms with Gasteiger partial charge in [0.2, 0.25) is 0 Å². The van der Waals surface area contributed by atoms with Crippen LogP contribution in [0.5, 0.6) is 0 Å². The van der Waals surface area contributed by atoms with E-state index in [-0.39, 0.29) is 17.8 Å². The van der Waals surface area contributed by atoms with E-state index in [0.717, 1.165) is 4.90 Å². The van der Waals surface area contributed by atoms with Crippen molar-refractivity contribution in [3.63, 3.8) is 0 Å². The average Bonchev–Trinajstić information content (AvgIpc) is 2.36. The summed E-state index contributed by atoms with van der Waals surface area (Å²) in [5.41, 5.74) is 0.537. The van der Waals surface area contributed by atoms with Crippen molar-refractivity contribution in [3.05, 3.63) is 52.1 Å². The second-order valence-electron chi connectivity index (χ2n) is 4.12. The topological polar surface area (TPSA) is 101 Å². The molecular formula is C13H14N2O5. The van der Waals surface area contributed by atoms with Crippen molar-refractivity contribution >= 4 is 17.6 Å². The molecule has 7 nitrogen and oxygen atoms in total. The van der Waals surface area contributed by atoms with Crippen LogP contribution in [0.15, 0.2) is 30.9 Å². The van der Waals surface area contributed by atoms with E-state index in [2.05, 4.69) is 6.58 Å². The number of benzene rings is 1. The number of carboxylic acid groups (broad SMARTS) is 1. The molecule has 0 aliphatic rings. The van der Waals surface area contributed by atoms with Gasteiger partial charge in [0.15, 0.2) is 0 Å². The summed E-state index contributed by atoms with van der Waals surface area (Å²) in [6.07, 6.45) is 1.42. The highest BCUT2D eigenvalue weighted by atomic mass is 16.6. The van der Waals surface area contributed by atoms with Crippen molar-refractivity contribution in [2.45, 2.75) is 6.92 Å². The Morgan fingerprint density at radius 3 is 2.60 bits per heavy atom. The molecule has 0 bridgehead atoms. The molecule has 1 aromatic carbocycles. The van der Waals surface area contributed by atoms with Crippen molar-refractivity contribution < 1.29 is 19.6 Å². The summed E-state index contributed by atoms with van der Waals surface area (Å²) < 4.78 is 0. The molecule has 1 amide bonds. The number of aryl methyl sites for hydroxylation is 1. The molecular weight excluding hydrogens is 264 g/mol. The lowest BCUT2D eigenvalue weighted by atomic mass is 10.1. The fourth-order valence-electron chi connectivity index (χ4n) is 1.71. The van der Waals surface area contributed by atoms with E-state index in [0.29, 0.717) is 5.56 Å². The molecule has 7 heteroatoms. The number of rotatable bonds is 6. The predicted molar refractivity (Wildman–Crippen MR) is 71.6 cm³/mol. The summed E-state index contributed by atoms with van der Waals surface area (Å²) in [4.78, 5) is 34.1. The highest BCUT2D eigenvalue weighted by Crippen LogP contribution is 2.18. The molecule has 0 unspecified atom stereocenters. The fourth-order valence-corrected chi connectivity index (χ4v) is 1.71. The smallest absolute Gasteiger partial charge is 0.323 e. The summed E-state index contributed by atoms with van der Waals surface area (Å²) >= 11 is 0. The molecule has 1 aromatic rings. The van der Waals surface area contributed by atoms with E-state index < -0.39 is 23.3 Å². The summed E-state index contributed by atoms with van der Waals surface area (Å²) in [6.45, 7) is 4.66. The fraction of sp³-hybridized carbons (Fsp3) is 0.231. The lowest BCUT2D eigenvalue weighted by molar-refractivity contribution is -0.384. The standard InChI is InChI=1S/C13H14N2O5/c1-3-6-14(8-12(16)17)13(18)11-5-4-10(15(19)20)7-9(11)2/h3-5,7H,1,6,8H2,2H3,(H,16,17). The van der Waals surface area contributed by atoms with Gasteiger partial charge in [-0.25, -0.2) is 0 Å². The molecule has 0 heterocycles. The summed E-state index contributed by atoms with van der Waals surface area (Å²) in [5.74, 6) is -1.64. The van der Waals surface area contributed by atoms with Gasteiger partial charge in [0.25, 0.3) is 11.6 Å². The van der Waals surface area contributed by atoms with E-state index in [4.69, 9.17) is 5.11 Å². The third-order valence-electron chi connectivity index (χ3n) is 2.61. The third kappa shape index (κ3) is 3.64. The Balaban J connectivity index is 3.08. The monoisotopic (exact) mass is 278 g/mol. The maximum Gasteiger partial charge on any atom is 0.323 e. The molecule has 0 radical (unpaired) electrons. The Kier molecular flexibility index (Phi) is 4.96. The Morgan fingerprint density at radius 2 is 2.15 bits per heavy atom. The lowest BCUT2D eigenvalue weighted by Crippen LogP contribution is -2.36. The van der Waals surface area contributed by atoms with E-state index in [1.807, 2.05) is 0 Å². The van der Waals surface area contributed by atoms with E-state index in [9.17, 15) is 19.7 Å². The first-order valence-corrected chi connectivity index (χ1v) is 5.73. The number of amides is 1. The minimum absolute atomic E-state index is 0.0849. The number of aliphatic carboxylic acids is 1. The number of carboxylic acids is 1. The minimum atomic E-state index is -1.14. The highest BCUT2D eigenvalue weighted by Gasteiger charge is 2.20. The second-order valence-corrected chi connectivity index (χ2v) is 4.12. The van der Waals surface area contributed by atoms with Gasteiger partial charge in [0.1, 0.15) is 6.54 Å². The zero-order valence-electron chi connectivity index (χ0n) is 10.9. The number of nitrogens with zero attached hydrogens (tertiary/aromatic N) is 2. The second kappa shape index (κ2) is 6.46. The number of hydrogen-bond acceptors (Lipinski definition) is 4. The molecule has 0 aromatic heterocycles. The van der Waals surface area contributed by atoms with Crippen LogP contribution < -0.4 is 0 Å². The summed E-state index contributed by atoms with van der Waals surface area (Å²) in [5, 5.41) is 19.4. The number of nitro benzene ring substituents is 1.